The van der Waals surface area contributed by atoms with Gasteiger partial charge in [0, 0.05) is 24.2 Å². The molecule has 0 bridgehead atoms. The number of fused-ring (bicyclic) bond motifs is 1. The van der Waals surface area contributed by atoms with Crippen LogP contribution >= 0.6 is 24.0 Å². The van der Waals surface area contributed by atoms with Gasteiger partial charge in [0.15, 0.2) is 0 Å². The van der Waals surface area contributed by atoms with E-state index in [1.165, 1.54) is 4.90 Å². The molecule has 8 nitrogen and oxygen atoms in total. The van der Waals surface area contributed by atoms with Crippen molar-refractivity contribution in [3.63, 3.8) is 0 Å². The molecule has 0 aliphatic carbocycles. The first-order valence-corrected chi connectivity index (χ1v) is 15.3. The minimum atomic E-state index is -0.739. The Labute approximate surface area is 250 Å². The van der Waals surface area contributed by atoms with E-state index in [1.807, 2.05) is 43.3 Å². The third-order valence-electron chi connectivity index (χ3n) is 7.24. The fourth-order valence-corrected chi connectivity index (χ4v) is 6.43. The number of carboxylic acid groups (broad SMARTS) is 1. The largest absolute Gasteiger partial charge is 0.481 e. The molecule has 0 unspecified atom stereocenters. The van der Waals surface area contributed by atoms with Gasteiger partial charge in [0.05, 0.1) is 16.2 Å². The van der Waals surface area contributed by atoms with E-state index in [4.69, 9.17) is 17.3 Å². The molecule has 0 radical (unpaired) electrons. The maximum Gasteiger partial charge on any atom is 0.303 e. The van der Waals surface area contributed by atoms with Crippen LogP contribution in [0.3, 0.4) is 0 Å². The van der Waals surface area contributed by atoms with E-state index < -0.39 is 5.97 Å². The number of hydrogen-bond acceptors (Lipinski definition) is 6. The van der Waals surface area contributed by atoms with Crippen LogP contribution in [0, 0.1) is 6.92 Å². The SMILES string of the molecule is Cc1ccccc1NC(=O)CN1C(=O)/C(=C2\SC(=S)N(CCCCCCCCCCC(=O)O)C2=O)c2ccccc21. The molecule has 0 saturated carbocycles. The van der Waals surface area contributed by atoms with Gasteiger partial charge in [-0.25, -0.2) is 0 Å². The number of nitrogens with one attached hydrogen (secondary N) is 1. The smallest absolute Gasteiger partial charge is 0.303 e. The zero-order valence-corrected chi connectivity index (χ0v) is 24.8. The van der Waals surface area contributed by atoms with E-state index in [2.05, 4.69) is 5.32 Å². The molecule has 0 aromatic heterocycles. The van der Waals surface area contributed by atoms with Crippen molar-refractivity contribution in [1.82, 2.24) is 4.90 Å². The van der Waals surface area contributed by atoms with E-state index >= 15 is 0 Å². The van der Waals surface area contributed by atoms with Gasteiger partial charge in [0.2, 0.25) is 5.91 Å². The highest BCUT2D eigenvalue weighted by Gasteiger charge is 2.42. The van der Waals surface area contributed by atoms with Gasteiger partial charge in [-0.1, -0.05) is 98.9 Å². The highest BCUT2D eigenvalue weighted by atomic mass is 32.2. The topological polar surface area (TPSA) is 107 Å². The number of aliphatic carboxylic acids is 1. The number of thiocarbonyl (C=S) groups is 1. The van der Waals surface area contributed by atoms with E-state index in [-0.39, 0.29) is 30.7 Å². The van der Waals surface area contributed by atoms with Crippen molar-refractivity contribution in [3.8, 4) is 0 Å². The Morgan fingerprint density at radius 2 is 1.49 bits per heavy atom. The first-order chi connectivity index (χ1) is 19.8. The standard InChI is InChI=1S/C31H35N3O5S2/c1-21-14-9-11-16-23(21)32-25(35)20-34-24-17-12-10-15-22(24)27(29(34)38)28-30(39)33(31(40)41-28)19-13-7-5-3-2-4-6-8-18-26(36)37/h9-12,14-17H,2-8,13,18-20H2,1H3,(H,32,35)(H,36,37)/b28-27-. The second-order valence-electron chi connectivity index (χ2n) is 10.3. The fraction of sp³-hybridized carbons (Fsp3) is 0.387. The van der Waals surface area contributed by atoms with E-state index in [9.17, 15) is 19.2 Å². The Morgan fingerprint density at radius 1 is 0.854 bits per heavy atom. The normalized spacial score (nSPS) is 16.5. The van der Waals surface area contributed by atoms with Crippen molar-refractivity contribution < 1.29 is 24.3 Å². The third kappa shape index (κ3) is 7.62. The van der Waals surface area contributed by atoms with Gasteiger partial charge in [-0.05, 0) is 37.5 Å². The highest BCUT2D eigenvalue weighted by Crippen LogP contribution is 2.44. The number of carbonyl (C=O) groups excluding carboxylic acids is 3. The predicted octanol–water partition coefficient (Wildman–Crippen LogP) is 6.15. The summed E-state index contributed by atoms with van der Waals surface area (Å²) in [5.74, 6) is -1.70. The molecule has 0 spiro atoms. The second-order valence-corrected chi connectivity index (χ2v) is 11.9. The lowest BCUT2D eigenvalue weighted by atomic mass is 10.1. The molecule has 2 aliphatic heterocycles. The molecular weight excluding hydrogens is 558 g/mol. The summed E-state index contributed by atoms with van der Waals surface area (Å²) in [4.78, 5) is 53.9. The number of unbranched alkanes of at least 4 members (excludes halogenated alkanes) is 7. The number of para-hydroxylation sites is 2. The molecule has 2 aliphatic rings. The molecule has 4 rings (SSSR count). The third-order valence-corrected chi connectivity index (χ3v) is 8.69. The second kappa shape index (κ2) is 14.4. The van der Waals surface area contributed by atoms with E-state index in [1.54, 1.807) is 17.0 Å². The summed E-state index contributed by atoms with van der Waals surface area (Å²) in [5, 5.41) is 11.6. The van der Waals surface area contributed by atoms with Crippen LogP contribution in [0.5, 0.6) is 0 Å². The average molecular weight is 594 g/mol. The van der Waals surface area contributed by atoms with Gasteiger partial charge in [0.1, 0.15) is 10.9 Å². The van der Waals surface area contributed by atoms with Crippen molar-refractivity contribution in [2.45, 2.75) is 64.7 Å². The van der Waals surface area contributed by atoms with Crippen LogP contribution < -0.4 is 10.2 Å². The summed E-state index contributed by atoms with van der Waals surface area (Å²) >= 11 is 6.68. The number of benzene rings is 2. The Morgan fingerprint density at radius 3 is 2.20 bits per heavy atom. The average Bonchev–Trinajstić information content (AvgIpc) is 3.37. The number of nitrogens with zero attached hydrogens (tertiary/aromatic N) is 2. The minimum absolute atomic E-state index is 0.173. The summed E-state index contributed by atoms with van der Waals surface area (Å²) < 4.78 is 0.442. The van der Waals surface area contributed by atoms with Gasteiger partial charge < -0.3 is 10.4 Å². The summed E-state index contributed by atoms with van der Waals surface area (Å²) in [7, 11) is 0. The first-order valence-electron chi connectivity index (χ1n) is 14.0. The lowest BCUT2D eigenvalue weighted by Crippen LogP contribution is -2.35. The quantitative estimate of drug-likeness (QED) is 0.154. The van der Waals surface area contributed by atoms with Gasteiger partial charge in [0.25, 0.3) is 11.8 Å². The number of aryl methyl sites for hydroxylation is 1. The maximum absolute atomic E-state index is 13.7. The number of carboxylic acids is 1. The number of anilines is 2. The number of amides is 3. The number of hydrogen-bond donors (Lipinski definition) is 2. The van der Waals surface area contributed by atoms with Gasteiger partial charge in [-0.2, -0.15) is 0 Å². The molecular formula is C31H35N3O5S2. The summed E-state index contributed by atoms with van der Waals surface area (Å²) in [5.41, 5.74) is 3.14. The summed E-state index contributed by atoms with van der Waals surface area (Å²) in [6.45, 7) is 2.23. The Balaban J connectivity index is 1.35. The Kier molecular flexibility index (Phi) is 10.7. The van der Waals surface area contributed by atoms with Crippen molar-refractivity contribution in [3.05, 3.63) is 64.6 Å². The first kappa shape index (κ1) is 30.5. The number of thioether (sulfide) groups is 1. The molecule has 41 heavy (non-hydrogen) atoms. The zero-order chi connectivity index (χ0) is 29.4. The molecule has 2 N–H and O–H groups in total. The Hall–Kier alpha value is -3.50. The van der Waals surface area contributed by atoms with Gasteiger partial charge >= 0.3 is 5.97 Å². The van der Waals surface area contributed by atoms with Gasteiger partial charge in [-0.3, -0.25) is 29.0 Å². The lowest BCUT2D eigenvalue weighted by molar-refractivity contribution is -0.137. The van der Waals surface area contributed by atoms with Crippen molar-refractivity contribution in [2.75, 3.05) is 23.3 Å². The van der Waals surface area contributed by atoms with Crippen LogP contribution in [0.1, 0.15) is 68.9 Å². The molecule has 2 aromatic carbocycles. The monoisotopic (exact) mass is 593 g/mol. The molecule has 2 aromatic rings. The van der Waals surface area contributed by atoms with Crippen LogP contribution in [-0.4, -0.2) is 51.1 Å². The van der Waals surface area contributed by atoms with Crippen molar-refractivity contribution in [1.29, 1.82) is 0 Å². The van der Waals surface area contributed by atoms with E-state index in [0.717, 1.165) is 68.7 Å². The molecule has 10 heteroatoms. The Bertz CT molecular complexity index is 1370. The molecule has 2 heterocycles. The fourth-order valence-electron chi connectivity index (χ4n) is 5.05. The van der Waals surface area contributed by atoms with Crippen molar-refractivity contribution in [2.24, 2.45) is 0 Å². The maximum atomic E-state index is 13.7. The molecule has 0 atom stereocenters. The highest BCUT2D eigenvalue weighted by molar-refractivity contribution is 8.26. The lowest BCUT2D eigenvalue weighted by Gasteiger charge is -2.17. The summed E-state index contributed by atoms with van der Waals surface area (Å²) in [6, 6.07) is 14.7. The van der Waals surface area contributed by atoms with Crippen molar-refractivity contribution >= 4 is 68.9 Å². The van der Waals surface area contributed by atoms with Crippen LogP contribution in [-0.2, 0) is 19.2 Å². The predicted molar refractivity (Wildman–Crippen MR) is 167 cm³/mol. The van der Waals surface area contributed by atoms with Crippen LogP contribution in [0.15, 0.2) is 53.4 Å². The number of carbonyl (C=O) groups is 4. The minimum Gasteiger partial charge on any atom is -0.481 e. The molecule has 1 saturated heterocycles. The van der Waals surface area contributed by atoms with Crippen LogP contribution in [0.2, 0.25) is 0 Å². The number of rotatable bonds is 14. The van der Waals surface area contributed by atoms with Crippen LogP contribution in [0.4, 0.5) is 11.4 Å². The molecule has 216 valence electrons. The molecule has 1 fully saturated rings. The zero-order valence-electron chi connectivity index (χ0n) is 23.2. The van der Waals surface area contributed by atoms with Crippen LogP contribution in [0.25, 0.3) is 5.57 Å². The van der Waals surface area contributed by atoms with E-state index in [0.29, 0.717) is 38.3 Å². The van der Waals surface area contributed by atoms with Gasteiger partial charge in [-0.15, -0.1) is 0 Å². The molecule has 3 amide bonds. The summed E-state index contributed by atoms with van der Waals surface area (Å²) in [6.07, 6.45) is 7.91.